The zero-order valence-corrected chi connectivity index (χ0v) is 14.9. The van der Waals surface area contributed by atoms with E-state index < -0.39 is 0 Å². The summed E-state index contributed by atoms with van der Waals surface area (Å²) in [6.07, 6.45) is 9.58. The van der Waals surface area contributed by atoms with Gasteiger partial charge >= 0.3 is 0 Å². The van der Waals surface area contributed by atoms with Gasteiger partial charge in [0.15, 0.2) is 5.69 Å². The molecule has 0 aliphatic heterocycles. The zero-order valence-electron chi connectivity index (χ0n) is 13.4. The number of hydrogen-bond acceptors (Lipinski definition) is 3. The van der Waals surface area contributed by atoms with Gasteiger partial charge in [-0.05, 0) is 31.0 Å². The Hall–Kier alpha value is -1.52. The van der Waals surface area contributed by atoms with Gasteiger partial charge in [-0.3, -0.25) is 4.79 Å². The summed E-state index contributed by atoms with van der Waals surface area (Å²) < 4.78 is 5.43. The van der Waals surface area contributed by atoms with Crippen LogP contribution in [0.2, 0.25) is 10.0 Å². The molecule has 1 N–H and O–H groups in total. The van der Waals surface area contributed by atoms with E-state index in [0.717, 1.165) is 25.7 Å². The van der Waals surface area contributed by atoms with Gasteiger partial charge in [0.2, 0.25) is 5.89 Å². The smallest absolute Gasteiger partial charge is 0.273 e. The van der Waals surface area contributed by atoms with Gasteiger partial charge in [-0.25, -0.2) is 4.98 Å². The van der Waals surface area contributed by atoms with Crippen LogP contribution in [0.3, 0.4) is 0 Å². The molecule has 6 heteroatoms. The third-order valence-electron chi connectivity index (χ3n) is 4.34. The van der Waals surface area contributed by atoms with E-state index in [1.807, 2.05) is 0 Å². The molecule has 1 fully saturated rings. The lowest BCUT2D eigenvalue weighted by molar-refractivity contribution is 0.0925. The monoisotopic (exact) mass is 366 g/mol. The van der Waals surface area contributed by atoms with Gasteiger partial charge in [0.05, 0.1) is 10.0 Å². The third-order valence-corrected chi connectivity index (χ3v) is 5.08. The molecule has 0 unspecified atom stereocenters. The minimum atomic E-state index is -0.185. The number of amides is 1. The first-order valence-corrected chi connectivity index (χ1v) is 9.11. The van der Waals surface area contributed by atoms with Crippen molar-refractivity contribution in [2.45, 2.75) is 51.0 Å². The molecule has 1 heterocycles. The number of carbonyl (C=O) groups is 1. The molecule has 1 amide bonds. The van der Waals surface area contributed by atoms with Crippen LogP contribution in [0.15, 0.2) is 28.9 Å². The van der Waals surface area contributed by atoms with E-state index in [4.69, 9.17) is 27.6 Å². The molecule has 0 saturated heterocycles. The first kappa shape index (κ1) is 17.3. The first-order chi connectivity index (χ1) is 11.6. The van der Waals surface area contributed by atoms with E-state index in [-0.39, 0.29) is 17.6 Å². The quantitative estimate of drug-likeness (QED) is 0.780. The highest BCUT2D eigenvalue weighted by atomic mass is 35.5. The van der Waals surface area contributed by atoms with E-state index in [0.29, 0.717) is 21.5 Å². The van der Waals surface area contributed by atoms with Crippen LogP contribution in [0.4, 0.5) is 0 Å². The van der Waals surface area contributed by atoms with Crippen LogP contribution < -0.4 is 5.32 Å². The lowest BCUT2D eigenvalue weighted by Gasteiger charge is -2.20. The maximum absolute atomic E-state index is 12.4. The van der Waals surface area contributed by atoms with Gasteiger partial charge in [0, 0.05) is 11.6 Å². The van der Waals surface area contributed by atoms with Crippen LogP contribution in [0.5, 0.6) is 0 Å². The summed E-state index contributed by atoms with van der Waals surface area (Å²) in [7, 11) is 0. The first-order valence-electron chi connectivity index (χ1n) is 8.35. The van der Waals surface area contributed by atoms with Crippen molar-refractivity contribution in [3.63, 3.8) is 0 Å². The summed E-state index contributed by atoms with van der Waals surface area (Å²) in [6.45, 7) is 0. The Morgan fingerprint density at radius 1 is 1.08 bits per heavy atom. The number of oxazole rings is 1. The van der Waals surface area contributed by atoms with Crippen molar-refractivity contribution >= 4 is 29.1 Å². The summed E-state index contributed by atoms with van der Waals surface area (Å²) in [6, 6.07) is 5.34. The number of aromatic nitrogens is 1. The number of rotatable bonds is 3. The Bertz CT molecular complexity index is 707. The van der Waals surface area contributed by atoms with Crippen LogP contribution in [-0.4, -0.2) is 16.9 Å². The van der Waals surface area contributed by atoms with Crippen molar-refractivity contribution in [2.75, 3.05) is 0 Å². The number of nitrogens with one attached hydrogen (secondary N) is 1. The van der Waals surface area contributed by atoms with Gasteiger partial charge in [0.1, 0.15) is 6.26 Å². The maximum atomic E-state index is 12.4. The molecule has 1 aromatic heterocycles. The van der Waals surface area contributed by atoms with E-state index in [1.54, 1.807) is 18.2 Å². The fourth-order valence-corrected chi connectivity index (χ4v) is 3.30. The third kappa shape index (κ3) is 4.31. The Kier molecular flexibility index (Phi) is 5.80. The second-order valence-electron chi connectivity index (χ2n) is 6.18. The average Bonchev–Trinajstić information content (AvgIpc) is 3.02. The van der Waals surface area contributed by atoms with Gasteiger partial charge < -0.3 is 9.73 Å². The SMILES string of the molecule is O=C(NC1CCCCCCC1)c1coc(-c2ccc(Cl)c(Cl)c2)n1. The summed E-state index contributed by atoms with van der Waals surface area (Å²) >= 11 is 11.9. The molecule has 0 bridgehead atoms. The van der Waals surface area contributed by atoms with Gasteiger partial charge in [-0.1, -0.05) is 55.3 Å². The van der Waals surface area contributed by atoms with Crippen LogP contribution in [-0.2, 0) is 0 Å². The van der Waals surface area contributed by atoms with E-state index >= 15 is 0 Å². The normalized spacial score (nSPS) is 16.4. The molecule has 1 aliphatic rings. The number of carbonyl (C=O) groups excluding carboxylic acids is 1. The van der Waals surface area contributed by atoms with Crippen molar-refractivity contribution in [2.24, 2.45) is 0 Å². The maximum Gasteiger partial charge on any atom is 0.273 e. The molecule has 1 aromatic carbocycles. The van der Waals surface area contributed by atoms with Crippen molar-refractivity contribution < 1.29 is 9.21 Å². The number of hydrogen-bond donors (Lipinski definition) is 1. The fraction of sp³-hybridized carbons (Fsp3) is 0.444. The molecule has 0 atom stereocenters. The molecular formula is C18H20Cl2N2O2. The summed E-state index contributed by atoms with van der Waals surface area (Å²) in [5, 5.41) is 3.97. The van der Waals surface area contributed by atoms with Crippen molar-refractivity contribution in [1.29, 1.82) is 0 Å². The Morgan fingerprint density at radius 2 is 1.79 bits per heavy atom. The molecule has 1 aliphatic carbocycles. The van der Waals surface area contributed by atoms with Crippen LogP contribution in [0, 0.1) is 0 Å². The van der Waals surface area contributed by atoms with Gasteiger partial charge in [-0.2, -0.15) is 0 Å². The number of nitrogens with zero attached hydrogens (tertiary/aromatic N) is 1. The van der Waals surface area contributed by atoms with E-state index in [2.05, 4.69) is 10.3 Å². The highest BCUT2D eigenvalue weighted by Crippen LogP contribution is 2.28. The summed E-state index contributed by atoms with van der Waals surface area (Å²) in [5.41, 5.74) is 0.979. The number of halogens is 2. The molecule has 0 spiro atoms. The highest BCUT2D eigenvalue weighted by Gasteiger charge is 2.18. The second-order valence-corrected chi connectivity index (χ2v) is 7.00. The Balaban J connectivity index is 1.67. The molecule has 128 valence electrons. The molecule has 3 rings (SSSR count). The minimum absolute atomic E-state index is 0.185. The van der Waals surface area contributed by atoms with E-state index in [9.17, 15) is 4.79 Å². The standard InChI is InChI=1S/C18H20Cl2N2O2/c19-14-9-8-12(10-15(14)20)18-22-16(11-24-18)17(23)21-13-6-4-2-1-3-5-7-13/h8-11,13H,1-7H2,(H,21,23). The van der Waals surface area contributed by atoms with Crippen molar-refractivity contribution in [3.05, 3.63) is 40.2 Å². The lowest BCUT2D eigenvalue weighted by Crippen LogP contribution is -2.35. The zero-order chi connectivity index (χ0) is 16.9. The number of benzene rings is 1. The van der Waals surface area contributed by atoms with Crippen molar-refractivity contribution in [3.8, 4) is 11.5 Å². The van der Waals surface area contributed by atoms with Crippen LogP contribution in [0.1, 0.15) is 55.4 Å². The molecule has 4 nitrogen and oxygen atoms in total. The molecule has 24 heavy (non-hydrogen) atoms. The molecular weight excluding hydrogens is 347 g/mol. The largest absolute Gasteiger partial charge is 0.444 e. The van der Waals surface area contributed by atoms with Crippen LogP contribution >= 0.6 is 23.2 Å². The predicted octanol–water partition coefficient (Wildman–Crippen LogP) is 5.49. The Labute approximate surface area is 151 Å². The Morgan fingerprint density at radius 3 is 2.50 bits per heavy atom. The van der Waals surface area contributed by atoms with Crippen molar-refractivity contribution in [1.82, 2.24) is 10.3 Å². The van der Waals surface area contributed by atoms with Gasteiger partial charge in [-0.15, -0.1) is 0 Å². The summed E-state index contributed by atoms with van der Waals surface area (Å²) in [5.74, 6) is 0.173. The summed E-state index contributed by atoms with van der Waals surface area (Å²) in [4.78, 5) is 16.7. The minimum Gasteiger partial charge on any atom is -0.444 e. The van der Waals surface area contributed by atoms with E-state index in [1.165, 1.54) is 25.5 Å². The average molecular weight is 367 g/mol. The predicted molar refractivity (Wildman–Crippen MR) is 95.5 cm³/mol. The molecule has 2 aromatic rings. The van der Waals surface area contributed by atoms with Gasteiger partial charge in [0.25, 0.3) is 5.91 Å². The highest BCUT2D eigenvalue weighted by molar-refractivity contribution is 6.42. The lowest BCUT2D eigenvalue weighted by atomic mass is 9.97. The fourth-order valence-electron chi connectivity index (χ4n) is 3.00. The van der Waals surface area contributed by atoms with Crippen LogP contribution in [0.25, 0.3) is 11.5 Å². The molecule has 0 radical (unpaired) electrons. The molecule has 1 saturated carbocycles. The topological polar surface area (TPSA) is 55.1 Å². The second kappa shape index (κ2) is 8.04.